The van der Waals surface area contributed by atoms with E-state index in [4.69, 9.17) is 9.15 Å². The van der Waals surface area contributed by atoms with Crippen LogP contribution in [0.2, 0.25) is 0 Å². The molecule has 0 saturated heterocycles. The largest absolute Gasteiger partial charge is 0.469 e. The molecule has 3 nitrogen and oxygen atoms in total. The van der Waals surface area contributed by atoms with Gasteiger partial charge in [-0.2, -0.15) is 0 Å². The van der Waals surface area contributed by atoms with Crippen molar-refractivity contribution in [2.24, 2.45) is 0 Å². The Morgan fingerprint density at radius 1 is 1.29 bits per heavy atom. The summed E-state index contributed by atoms with van der Waals surface area (Å²) in [4.78, 5) is 0. The zero-order chi connectivity index (χ0) is 12.3. The number of rotatable bonds is 10. The van der Waals surface area contributed by atoms with Gasteiger partial charge in [0.25, 0.3) is 0 Å². The Bertz CT molecular complexity index is 259. The fraction of sp³-hybridized carbons (Fsp3) is 0.714. The molecule has 3 heteroatoms. The minimum atomic E-state index is 0.456. The fourth-order valence-corrected chi connectivity index (χ4v) is 1.77. The van der Waals surface area contributed by atoms with Crippen molar-refractivity contribution in [1.29, 1.82) is 0 Å². The van der Waals surface area contributed by atoms with E-state index < -0.39 is 0 Å². The Morgan fingerprint density at radius 2 is 2.18 bits per heavy atom. The van der Waals surface area contributed by atoms with Gasteiger partial charge in [0.05, 0.1) is 6.26 Å². The molecule has 1 rings (SSSR count). The minimum Gasteiger partial charge on any atom is -0.469 e. The first-order valence-corrected chi connectivity index (χ1v) is 6.70. The van der Waals surface area contributed by atoms with Gasteiger partial charge in [-0.15, -0.1) is 0 Å². The van der Waals surface area contributed by atoms with E-state index in [1.54, 1.807) is 6.26 Å². The smallest absolute Gasteiger partial charge is 0.105 e. The summed E-state index contributed by atoms with van der Waals surface area (Å²) in [7, 11) is 0. The van der Waals surface area contributed by atoms with Crippen LogP contribution in [0.25, 0.3) is 0 Å². The molecule has 0 aliphatic carbocycles. The van der Waals surface area contributed by atoms with E-state index in [2.05, 4.69) is 19.2 Å². The van der Waals surface area contributed by atoms with Crippen molar-refractivity contribution in [1.82, 2.24) is 5.32 Å². The highest BCUT2D eigenvalue weighted by Gasteiger charge is 2.10. The van der Waals surface area contributed by atoms with Crippen LogP contribution in [0, 0.1) is 0 Å². The summed E-state index contributed by atoms with van der Waals surface area (Å²) in [6, 6.07) is 4.44. The van der Waals surface area contributed by atoms with E-state index in [1.807, 2.05) is 12.1 Å². The van der Waals surface area contributed by atoms with Crippen LogP contribution in [-0.4, -0.2) is 25.8 Å². The number of furan rings is 1. The predicted octanol–water partition coefficient (Wildman–Crippen LogP) is 3.01. The first kappa shape index (κ1) is 14.3. The Morgan fingerprint density at radius 3 is 2.82 bits per heavy atom. The van der Waals surface area contributed by atoms with Gasteiger partial charge < -0.3 is 14.5 Å². The monoisotopic (exact) mass is 239 g/mol. The quantitative estimate of drug-likeness (QED) is 0.637. The van der Waals surface area contributed by atoms with Crippen molar-refractivity contribution in [2.45, 2.75) is 45.6 Å². The van der Waals surface area contributed by atoms with E-state index >= 15 is 0 Å². The molecule has 0 aromatic carbocycles. The van der Waals surface area contributed by atoms with Gasteiger partial charge in [-0.05, 0) is 37.9 Å². The molecule has 1 atom stereocenters. The molecule has 1 N–H and O–H groups in total. The third kappa shape index (κ3) is 6.49. The Labute approximate surface area is 105 Å². The van der Waals surface area contributed by atoms with E-state index in [9.17, 15) is 0 Å². The lowest BCUT2D eigenvalue weighted by Crippen LogP contribution is -2.32. The summed E-state index contributed by atoms with van der Waals surface area (Å²) in [5.41, 5.74) is 0. The second kappa shape index (κ2) is 9.25. The maximum Gasteiger partial charge on any atom is 0.105 e. The SMILES string of the molecule is CCCNC(CCOCCC)Cc1ccco1. The van der Waals surface area contributed by atoms with Gasteiger partial charge in [0, 0.05) is 25.7 Å². The highest BCUT2D eigenvalue weighted by molar-refractivity contribution is 5.00. The summed E-state index contributed by atoms with van der Waals surface area (Å²) >= 11 is 0. The van der Waals surface area contributed by atoms with Crippen LogP contribution in [0.3, 0.4) is 0 Å². The zero-order valence-corrected chi connectivity index (χ0v) is 11.1. The zero-order valence-electron chi connectivity index (χ0n) is 11.1. The van der Waals surface area contributed by atoms with Crippen molar-refractivity contribution >= 4 is 0 Å². The van der Waals surface area contributed by atoms with Crippen molar-refractivity contribution in [3.05, 3.63) is 24.2 Å². The lowest BCUT2D eigenvalue weighted by Gasteiger charge is -2.17. The molecular formula is C14H25NO2. The van der Waals surface area contributed by atoms with Gasteiger partial charge in [0.1, 0.15) is 5.76 Å². The van der Waals surface area contributed by atoms with Crippen LogP contribution in [0.5, 0.6) is 0 Å². The number of hydrogen-bond donors (Lipinski definition) is 1. The molecule has 0 aliphatic heterocycles. The summed E-state index contributed by atoms with van der Waals surface area (Å²) in [6.07, 6.45) is 5.97. The third-order valence-corrected chi connectivity index (χ3v) is 2.67. The van der Waals surface area contributed by atoms with Gasteiger partial charge in [-0.1, -0.05) is 13.8 Å². The van der Waals surface area contributed by atoms with Gasteiger partial charge in [0.15, 0.2) is 0 Å². The Hall–Kier alpha value is -0.800. The molecule has 98 valence electrons. The average molecular weight is 239 g/mol. The maximum atomic E-state index is 5.54. The van der Waals surface area contributed by atoms with Crippen molar-refractivity contribution < 1.29 is 9.15 Å². The molecule has 17 heavy (non-hydrogen) atoms. The summed E-state index contributed by atoms with van der Waals surface area (Å²) < 4.78 is 10.9. The summed E-state index contributed by atoms with van der Waals surface area (Å²) in [6.45, 7) is 7.07. The molecule has 0 spiro atoms. The highest BCUT2D eigenvalue weighted by atomic mass is 16.5. The van der Waals surface area contributed by atoms with Crippen LogP contribution in [0.1, 0.15) is 38.9 Å². The highest BCUT2D eigenvalue weighted by Crippen LogP contribution is 2.07. The van der Waals surface area contributed by atoms with Crippen molar-refractivity contribution in [3.63, 3.8) is 0 Å². The molecule has 0 bridgehead atoms. The predicted molar refractivity (Wildman–Crippen MR) is 70.2 cm³/mol. The molecule has 0 radical (unpaired) electrons. The van der Waals surface area contributed by atoms with E-state index in [-0.39, 0.29) is 0 Å². The second-order valence-electron chi connectivity index (χ2n) is 4.34. The van der Waals surface area contributed by atoms with E-state index in [0.29, 0.717) is 6.04 Å². The standard InChI is InChI=1S/C14H25NO2/c1-3-8-15-13(7-11-16-9-4-2)12-14-6-5-10-17-14/h5-6,10,13,15H,3-4,7-9,11-12H2,1-2H3. The third-order valence-electron chi connectivity index (χ3n) is 2.67. The maximum absolute atomic E-state index is 5.54. The first-order valence-electron chi connectivity index (χ1n) is 6.70. The Kier molecular flexibility index (Phi) is 7.76. The van der Waals surface area contributed by atoms with Crippen LogP contribution >= 0.6 is 0 Å². The number of nitrogens with one attached hydrogen (secondary N) is 1. The van der Waals surface area contributed by atoms with Gasteiger partial charge in [-0.3, -0.25) is 0 Å². The molecule has 1 aromatic heterocycles. The van der Waals surface area contributed by atoms with Crippen molar-refractivity contribution in [2.75, 3.05) is 19.8 Å². The minimum absolute atomic E-state index is 0.456. The topological polar surface area (TPSA) is 34.4 Å². The lowest BCUT2D eigenvalue weighted by atomic mass is 10.1. The summed E-state index contributed by atoms with van der Waals surface area (Å²) in [5.74, 6) is 1.05. The molecule has 0 amide bonds. The average Bonchev–Trinajstić information content (AvgIpc) is 2.84. The molecule has 1 aromatic rings. The van der Waals surface area contributed by atoms with Gasteiger partial charge in [0.2, 0.25) is 0 Å². The molecular weight excluding hydrogens is 214 g/mol. The molecule has 0 saturated carbocycles. The van der Waals surface area contributed by atoms with Crippen LogP contribution < -0.4 is 5.32 Å². The fourth-order valence-electron chi connectivity index (χ4n) is 1.77. The van der Waals surface area contributed by atoms with Crippen LogP contribution in [-0.2, 0) is 11.2 Å². The van der Waals surface area contributed by atoms with E-state index in [1.165, 1.54) is 0 Å². The number of hydrogen-bond acceptors (Lipinski definition) is 3. The lowest BCUT2D eigenvalue weighted by molar-refractivity contribution is 0.124. The number of ether oxygens (including phenoxy) is 1. The molecule has 0 aliphatic rings. The Balaban J connectivity index is 2.26. The van der Waals surface area contributed by atoms with Crippen molar-refractivity contribution in [3.8, 4) is 0 Å². The first-order chi connectivity index (χ1) is 8.36. The molecule has 1 heterocycles. The second-order valence-corrected chi connectivity index (χ2v) is 4.34. The van der Waals surface area contributed by atoms with Gasteiger partial charge in [-0.25, -0.2) is 0 Å². The molecule has 1 unspecified atom stereocenters. The van der Waals surface area contributed by atoms with Crippen LogP contribution in [0.4, 0.5) is 0 Å². The normalized spacial score (nSPS) is 12.8. The summed E-state index contributed by atoms with van der Waals surface area (Å²) in [5, 5.41) is 3.54. The van der Waals surface area contributed by atoms with Crippen LogP contribution in [0.15, 0.2) is 22.8 Å². The molecule has 0 fully saturated rings. The van der Waals surface area contributed by atoms with Gasteiger partial charge >= 0.3 is 0 Å². The van der Waals surface area contributed by atoms with E-state index in [0.717, 1.165) is 51.2 Å².